The molecule has 0 saturated carbocycles. The minimum Gasteiger partial charge on any atom is -0.475 e. The van der Waals surface area contributed by atoms with E-state index in [2.05, 4.69) is 16.4 Å². The average Bonchev–Trinajstić information content (AvgIpc) is 3.01. The van der Waals surface area contributed by atoms with E-state index in [4.69, 9.17) is 10.5 Å². The molecule has 4 rings (SSSR count). The summed E-state index contributed by atoms with van der Waals surface area (Å²) in [4.78, 5) is 14.7. The number of primary amides is 1. The van der Waals surface area contributed by atoms with Crippen LogP contribution < -0.4 is 10.5 Å². The van der Waals surface area contributed by atoms with Crippen molar-refractivity contribution in [2.45, 2.75) is 58.1 Å². The minimum atomic E-state index is -0.398. The van der Waals surface area contributed by atoms with E-state index in [-0.39, 0.29) is 6.10 Å². The number of nitrogens with zero attached hydrogens (tertiary/aromatic N) is 2. The Morgan fingerprint density at radius 1 is 1.19 bits per heavy atom. The number of fused-ring (bicyclic) bond motifs is 3. The zero-order valence-corrected chi connectivity index (χ0v) is 16.3. The van der Waals surface area contributed by atoms with Crippen LogP contribution in [0.5, 0.6) is 5.88 Å². The quantitative estimate of drug-likeness (QED) is 0.843. The summed E-state index contributed by atoms with van der Waals surface area (Å²) >= 11 is 0. The highest BCUT2D eigenvalue weighted by Crippen LogP contribution is 2.37. The van der Waals surface area contributed by atoms with Crippen LogP contribution in [-0.4, -0.2) is 41.1 Å². The molecule has 1 aromatic heterocycles. The molecule has 2 N–H and O–H groups in total. The van der Waals surface area contributed by atoms with Gasteiger partial charge in [0, 0.05) is 18.4 Å². The smallest absolute Gasteiger partial charge is 0.254 e. The molecular formula is C22H31N3O2. The van der Waals surface area contributed by atoms with Gasteiger partial charge >= 0.3 is 0 Å². The van der Waals surface area contributed by atoms with E-state index in [0.717, 1.165) is 36.2 Å². The van der Waals surface area contributed by atoms with Gasteiger partial charge in [-0.3, -0.25) is 4.79 Å². The summed E-state index contributed by atoms with van der Waals surface area (Å²) in [6.07, 6.45) is 7.36. The number of unbranched alkanes of at least 4 members (excludes halogenated alkanes) is 1. The van der Waals surface area contributed by atoms with Gasteiger partial charge in [-0.05, 0) is 57.3 Å². The Kier molecular flexibility index (Phi) is 5.39. The summed E-state index contributed by atoms with van der Waals surface area (Å²) in [6.45, 7) is 6.82. The van der Waals surface area contributed by atoms with Crippen molar-refractivity contribution in [3.8, 4) is 5.88 Å². The van der Waals surface area contributed by atoms with Gasteiger partial charge in [0.25, 0.3) is 5.91 Å². The summed E-state index contributed by atoms with van der Waals surface area (Å²) < 4.78 is 8.48. The van der Waals surface area contributed by atoms with Crippen LogP contribution in [0.4, 0.5) is 0 Å². The molecule has 5 heteroatoms. The number of nitrogens with two attached hydrogens (primary N) is 1. The summed E-state index contributed by atoms with van der Waals surface area (Å²) in [5, 5.41) is 0.907. The Morgan fingerprint density at radius 2 is 1.96 bits per heavy atom. The molecule has 0 aliphatic carbocycles. The molecule has 1 aromatic carbocycles. The first-order chi connectivity index (χ1) is 13.2. The molecule has 2 aromatic rings. The molecule has 1 amide bonds. The first-order valence-electron chi connectivity index (χ1n) is 10.5. The number of aryl methyl sites for hydroxylation is 1. The Morgan fingerprint density at radius 3 is 2.70 bits per heavy atom. The second-order valence-electron chi connectivity index (χ2n) is 8.12. The van der Waals surface area contributed by atoms with E-state index in [1.807, 2.05) is 24.3 Å². The Hall–Kier alpha value is -2.01. The number of benzene rings is 1. The van der Waals surface area contributed by atoms with E-state index < -0.39 is 5.91 Å². The monoisotopic (exact) mass is 369 g/mol. The van der Waals surface area contributed by atoms with Crippen LogP contribution in [0.1, 0.15) is 55.8 Å². The van der Waals surface area contributed by atoms with Gasteiger partial charge in [0.2, 0.25) is 5.88 Å². The van der Waals surface area contributed by atoms with Gasteiger partial charge in [-0.15, -0.1) is 0 Å². The van der Waals surface area contributed by atoms with Crippen LogP contribution >= 0.6 is 0 Å². The largest absolute Gasteiger partial charge is 0.475 e. The fraction of sp³-hybridized carbons (Fsp3) is 0.591. The molecule has 2 aliphatic heterocycles. The number of likely N-dealkylation sites (tertiary alicyclic amines) is 1. The molecule has 5 nitrogen and oxygen atoms in total. The molecule has 1 unspecified atom stereocenters. The number of carbonyl (C=O) groups excluding carboxylic acids is 1. The standard InChI is InChI=1S/C22H31N3O2/c1-2-3-11-24-12-8-16(9-13-24)15-17-10-14-25-19-7-5-4-6-18(19)20(21(23)26)22(25)27-17/h4-7,16-17H,2-3,8-15H2,1H3,(H2,23,26). The topological polar surface area (TPSA) is 60.5 Å². The minimum absolute atomic E-state index is 0.187. The van der Waals surface area contributed by atoms with Crippen molar-refractivity contribution < 1.29 is 9.53 Å². The van der Waals surface area contributed by atoms with Gasteiger partial charge in [0.1, 0.15) is 11.7 Å². The van der Waals surface area contributed by atoms with E-state index in [1.54, 1.807) is 0 Å². The number of para-hydroxylation sites is 1. The zero-order valence-electron chi connectivity index (χ0n) is 16.3. The molecule has 1 saturated heterocycles. The maximum atomic E-state index is 12.1. The average molecular weight is 370 g/mol. The van der Waals surface area contributed by atoms with Crippen molar-refractivity contribution in [3.05, 3.63) is 29.8 Å². The number of carbonyl (C=O) groups is 1. The predicted molar refractivity (Wildman–Crippen MR) is 108 cm³/mol. The highest BCUT2D eigenvalue weighted by molar-refractivity contribution is 6.09. The lowest BCUT2D eigenvalue weighted by atomic mass is 9.90. The number of ether oxygens (including phenoxy) is 1. The van der Waals surface area contributed by atoms with Crippen molar-refractivity contribution in [2.24, 2.45) is 11.7 Å². The SMILES string of the molecule is CCCCN1CCC(CC2CCn3c(c(C(N)=O)c4ccccc43)O2)CC1. The lowest BCUT2D eigenvalue weighted by Gasteiger charge is -2.35. The third kappa shape index (κ3) is 3.70. The highest BCUT2D eigenvalue weighted by Gasteiger charge is 2.30. The van der Waals surface area contributed by atoms with E-state index in [9.17, 15) is 4.79 Å². The first kappa shape index (κ1) is 18.4. The number of amides is 1. The fourth-order valence-corrected chi connectivity index (χ4v) is 4.72. The van der Waals surface area contributed by atoms with E-state index in [1.165, 1.54) is 45.3 Å². The molecule has 0 radical (unpaired) electrons. The van der Waals surface area contributed by atoms with Gasteiger partial charge in [-0.2, -0.15) is 0 Å². The third-order valence-electron chi connectivity index (χ3n) is 6.25. The zero-order chi connectivity index (χ0) is 18.8. The number of hydrogen-bond acceptors (Lipinski definition) is 3. The Balaban J connectivity index is 1.44. The maximum absolute atomic E-state index is 12.1. The summed E-state index contributed by atoms with van der Waals surface area (Å²) in [5.41, 5.74) is 7.29. The maximum Gasteiger partial charge on any atom is 0.254 e. The predicted octanol–water partition coefficient (Wildman–Crippen LogP) is 3.79. The van der Waals surface area contributed by atoms with Crippen LogP contribution in [0.15, 0.2) is 24.3 Å². The van der Waals surface area contributed by atoms with Crippen LogP contribution in [-0.2, 0) is 6.54 Å². The van der Waals surface area contributed by atoms with Crippen LogP contribution in [0, 0.1) is 5.92 Å². The van der Waals surface area contributed by atoms with Crippen molar-refractivity contribution in [2.75, 3.05) is 19.6 Å². The van der Waals surface area contributed by atoms with Crippen molar-refractivity contribution >= 4 is 16.8 Å². The second kappa shape index (κ2) is 7.93. The van der Waals surface area contributed by atoms with Gasteiger partial charge in [0.15, 0.2) is 0 Å². The van der Waals surface area contributed by atoms with Crippen molar-refractivity contribution in [1.82, 2.24) is 9.47 Å². The molecule has 2 aliphatic rings. The lowest BCUT2D eigenvalue weighted by Crippen LogP contribution is -2.37. The molecular weight excluding hydrogens is 338 g/mol. The highest BCUT2D eigenvalue weighted by atomic mass is 16.5. The number of piperidine rings is 1. The molecule has 0 spiro atoms. The number of hydrogen-bond donors (Lipinski definition) is 1. The molecule has 3 heterocycles. The van der Waals surface area contributed by atoms with Gasteiger partial charge in [0.05, 0.1) is 5.52 Å². The molecule has 27 heavy (non-hydrogen) atoms. The van der Waals surface area contributed by atoms with Crippen LogP contribution in [0.2, 0.25) is 0 Å². The van der Waals surface area contributed by atoms with Gasteiger partial charge < -0.3 is 19.9 Å². The Labute approximate surface area is 161 Å². The van der Waals surface area contributed by atoms with Gasteiger partial charge in [-0.25, -0.2) is 0 Å². The van der Waals surface area contributed by atoms with E-state index in [0.29, 0.717) is 11.4 Å². The molecule has 1 fully saturated rings. The first-order valence-corrected chi connectivity index (χ1v) is 10.5. The lowest BCUT2D eigenvalue weighted by molar-refractivity contribution is 0.0873. The molecule has 1 atom stereocenters. The van der Waals surface area contributed by atoms with Crippen molar-refractivity contribution in [1.29, 1.82) is 0 Å². The second-order valence-corrected chi connectivity index (χ2v) is 8.12. The normalized spacial score (nSPS) is 21.1. The Bertz CT molecular complexity index is 805. The van der Waals surface area contributed by atoms with Crippen LogP contribution in [0.3, 0.4) is 0 Å². The van der Waals surface area contributed by atoms with Crippen molar-refractivity contribution in [3.63, 3.8) is 0 Å². The van der Waals surface area contributed by atoms with E-state index >= 15 is 0 Å². The summed E-state index contributed by atoms with van der Waals surface area (Å²) in [7, 11) is 0. The number of rotatable bonds is 6. The fourth-order valence-electron chi connectivity index (χ4n) is 4.72. The third-order valence-corrected chi connectivity index (χ3v) is 6.25. The molecule has 146 valence electrons. The number of aromatic nitrogens is 1. The summed E-state index contributed by atoms with van der Waals surface area (Å²) in [6, 6.07) is 7.95. The van der Waals surface area contributed by atoms with Crippen LogP contribution in [0.25, 0.3) is 10.9 Å². The van der Waals surface area contributed by atoms with Gasteiger partial charge in [-0.1, -0.05) is 31.5 Å². The molecule has 0 bridgehead atoms. The summed E-state index contributed by atoms with van der Waals surface area (Å²) in [5.74, 6) is 1.01.